The maximum atomic E-state index is 11.3. The summed E-state index contributed by atoms with van der Waals surface area (Å²) in [7, 11) is 0. The second kappa shape index (κ2) is 5.29. The predicted molar refractivity (Wildman–Crippen MR) is 74.6 cm³/mol. The van der Waals surface area contributed by atoms with Crippen molar-refractivity contribution in [3.05, 3.63) is 23.8 Å². The van der Waals surface area contributed by atoms with Crippen LogP contribution >= 0.6 is 0 Å². The molecule has 1 amide bonds. The maximum Gasteiger partial charge on any atom is 0.250 e. The van der Waals surface area contributed by atoms with Crippen molar-refractivity contribution in [2.24, 2.45) is 11.7 Å². The Bertz CT molecular complexity index is 441. The van der Waals surface area contributed by atoms with Crippen LogP contribution in [0.3, 0.4) is 0 Å². The molecule has 1 aliphatic carbocycles. The third kappa shape index (κ3) is 2.58. The molecule has 0 radical (unpaired) electrons. The first-order valence-electron chi connectivity index (χ1n) is 6.56. The molecule has 18 heavy (non-hydrogen) atoms. The molecule has 0 heterocycles. The van der Waals surface area contributed by atoms with E-state index in [1.165, 1.54) is 19.3 Å². The van der Waals surface area contributed by atoms with Crippen LogP contribution < -0.4 is 16.4 Å². The number of carbonyl (C=O) groups is 1. The fourth-order valence-corrected chi connectivity index (χ4v) is 2.36. The Balaban J connectivity index is 2.19. The Labute approximate surface area is 108 Å². The second-order valence-electron chi connectivity index (χ2n) is 4.97. The van der Waals surface area contributed by atoms with Crippen LogP contribution in [-0.4, -0.2) is 19.0 Å². The summed E-state index contributed by atoms with van der Waals surface area (Å²) < 4.78 is 0. The van der Waals surface area contributed by atoms with Gasteiger partial charge in [-0.15, -0.1) is 0 Å². The van der Waals surface area contributed by atoms with E-state index in [0.717, 1.165) is 24.7 Å². The van der Waals surface area contributed by atoms with E-state index in [2.05, 4.69) is 11.8 Å². The molecule has 4 N–H and O–H groups in total. The van der Waals surface area contributed by atoms with Crippen molar-refractivity contribution in [1.29, 1.82) is 0 Å². The van der Waals surface area contributed by atoms with Gasteiger partial charge in [-0.25, -0.2) is 0 Å². The molecule has 0 unspecified atom stereocenters. The van der Waals surface area contributed by atoms with E-state index in [9.17, 15) is 4.79 Å². The molecule has 0 saturated heterocycles. The first-order chi connectivity index (χ1) is 8.61. The first-order valence-corrected chi connectivity index (χ1v) is 6.56. The Morgan fingerprint density at radius 3 is 2.67 bits per heavy atom. The van der Waals surface area contributed by atoms with Gasteiger partial charge in [-0.3, -0.25) is 4.79 Å². The van der Waals surface area contributed by atoms with Crippen molar-refractivity contribution in [1.82, 2.24) is 0 Å². The summed E-state index contributed by atoms with van der Waals surface area (Å²) in [6.07, 6.45) is 3.97. The van der Waals surface area contributed by atoms with Gasteiger partial charge in [-0.2, -0.15) is 0 Å². The first kappa shape index (κ1) is 12.7. The summed E-state index contributed by atoms with van der Waals surface area (Å²) in [5, 5.41) is 0. The van der Waals surface area contributed by atoms with Gasteiger partial charge in [0, 0.05) is 24.5 Å². The lowest BCUT2D eigenvalue weighted by molar-refractivity contribution is 0.100. The highest BCUT2D eigenvalue weighted by molar-refractivity contribution is 5.99. The molecule has 4 nitrogen and oxygen atoms in total. The Hall–Kier alpha value is -1.71. The molecule has 1 aliphatic rings. The SMILES string of the molecule is CCN(CC1CCC1)c1ccc(N)c(C(N)=O)c1. The summed E-state index contributed by atoms with van der Waals surface area (Å²) in [5.41, 5.74) is 13.0. The van der Waals surface area contributed by atoms with E-state index < -0.39 is 5.91 Å². The number of primary amides is 1. The number of benzene rings is 1. The van der Waals surface area contributed by atoms with Gasteiger partial charge in [0.2, 0.25) is 0 Å². The molecular formula is C14H21N3O. The minimum Gasteiger partial charge on any atom is -0.398 e. The highest BCUT2D eigenvalue weighted by Crippen LogP contribution is 2.29. The number of amides is 1. The van der Waals surface area contributed by atoms with Crippen LogP contribution in [0.4, 0.5) is 11.4 Å². The summed E-state index contributed by atoms with van der Waals surface area (Å²) in [5.74, 6) is 0.327. The van der Waals surface area contributed by atoms with E-state index in [1.807, 2.05) is 6.07 Å². The topological polar surface area (TPSA) is 72.3 Å². The van der Waals surface area contributed by atoms with E-state index in [1.54, 1.807) is 12.1 Å². The average Bonchev–Trinajstić information content (AvgIpc) is 2.29. The summed E-state index contributed by atoms with van der Waals surface area (Å²) >= 11 is 0. The molecule has 1 fully saturated rings. The van der Waals surface area contributed by atoms with E-state index in [4.69, 9.17) is 11.5 Å². The molecule has 4 heteroatoms. The van der Waals surface area contributed by atoms with Crippen molar-refractivity contribution in [2.75, 3.05) is 23.7 Å². The molecule has 0 aromatic heterocycles. The van der Waals surface area contributed by atoms with Crippen LogP contribution in [0.15, 0.2) is 18.2 Å². The van der Waals surface area contributed by atoms with Gasteiger partial charge in [-0.05, 0) is 43.9 Å². The van der Waals surface area contributed by atoms with Crippen LogP contribution in [0.2, 0.25) is 0 Å². The number of nitrogens with two attached hydrogens (primary N) is 2. The Kier molecular flexibility index (Phi) is 3.75. The Morgan fingerprint density at radius 1 is 1.44 bits per heavy atom. The zero-order chi connectivity index (χ0) is 13.1. The van der Waals surface area contributed by atoms with Gasteiger partial charge < -0.3 is 16.4 Å². The molecule has 1 aromatic carbocycles. The molecule has 0 aliphatic heterocycles. The molecule has 0 atom stereocenters. The third-order valence-electron chi connectivity index (χ3n) is 3.75. The molecule has 1 aromatic rings. The van der Waals surface area contributed by atoms with E-state index in [0.29, 0.717) is 11.3 Å². The number of rotatable bonds is 5. The standard InChI is InChI=1S/C14H21N3O/c1-2-17(9-10-4-3-5-10)11-6-7-13(15)12(8-11)14(16)18/h6-8,10H,2-5,9,15H2,1H3,(H2,16,18). The monoisotopic (exact) mass is 247 g/mol. The number of carbonyl (C=O) groups excluding carboxylic acids is 1. The minimum atomic E-state index is -0.464. The quantitative estimate of drug-likeness (QED) is 0.782. The van der Waals surface area contributed by atoms with Crippen molar-refractivity contribution in [2.45, 2.75) is 26.2 Å². The minimum absolute atomic E-state index is 0.416. The lowest BCUT2D eigenvalue weighted by Crippen LogP contribution is -2.32. The fraction of sp³-hybridized carbons (Fsp3) is 0.500. The van der Waals surface area contributed by atoms with Gasteiger partial charge >= 0.3 is 0 Å². The van der Waals surface area contributed by atoms with Crippen LogP contribution in [-0.2, 0) is 0 Å². The summed E-state index contributed by atoms with van der Waals surface area (Å²) in [6, 6.07) is 5.53. The van der Waals surface area contributed by atoms with Gasteiger partial charge in [0.15, 0.2) is 0 Å². The van der Waals surface area contributed by atoms with Gasteiger partial charge in [0.1, 0.15) is 0 Å². The number of hydrogen-bond donors (Lipinski definition) is 2. The largest absolute Gasteiger partial charge is 0.398 e. The normalized spacial score (nSPS) is 15.2. The lowest BCUT2D eigenvalue weighted by Gasteiger charge is -2.33. The van der Waals surface area contributed by atoms with Crippen molar-refractivity contribution < 1.29 is 4.79 Å². The average molecular weight is 247 g/mol. The van der Waals surface area contributed by atoms with Crippen LogP contribution in [0.1, 0.15) is 36.5 Å². The molecular weight excluding hydrogens is 226 g/mol. The predicted octanol–water partition coefficient (Wildman–Crippen LogP) is 1.99. The van der Waals surface area contributed by atoms with E-state index >= 15 is 0 Å². The number of nitrogens with zero attached hydrogens (tertiary/aromatic N) is 1. The number of nitrogen functional groups attached to an aromatic ring is 1. The second-order valence-corrected chi connectivity index (χ2v) is 4.97. The van der Waals surface area contributed by atoms with Gasteiger partial charge in [-0.1, -0.05) is 6.42 Å². The van der Waals surface area contributed by atoms with Crippen LogP contribution in [0.25, 0.3) is 0 Å². The maximum absolute atomic E-state index is 11.3. The van der Waals surface area contributed by atoms with Gasteiger partial charge in [0.25, 0.3) is 5.91 Å². The highest BCUT2D eigenvalue weighted by Gasteiger charge is 2.20. The zero-order valence-corrected chi connectivity index (χ0v) is 10.9. The molecule has 0 spiro atoms. The lowest BCUT2D eigenvalue weighted by atomic mass is 9.85. The van der Waals surface area contributed by atoms with Crippen LogP contribution in [0.5, 0.6) is 0 Å². The number of anilines is 2. The van der Waals surface area contributed by atoms with E-state index in [-0.39, 0.29) is 0 Å². The van der Waals surface area contributed by atoms with Crippen molar-refractivity contribution >= 4 is 17.3 Å². The molecule has 0 bridgehead atoms. The highest BCUT2D eigenvalue weighted by atomic mass is 16.1. The Morgan fingerprint density at radius 2 is 2.17 bits per heavy atom. The summed E-state index contributed by atoms with van der Waals surface area (Å²) in [6.45, 7) is 4.11. The zero-order valence-electron chi connectivity index (χ0n) is 10.9. The van der Waals surface area contributed by atoms with Crippen molar-refractivity contribution in [3.63, 3.8) is 0 Å². The third-order valence-corrected chi connectivity index (χ3v) is 3.75. The van der Waals surface area contributed by atoms with Crippen LogP contribution in [0, 0.1) is 5.92 Å². The molecule has 2 rings (SSSR count). The number of hydrogen-bond acceptors (Lipinski definition) is 3. The molecule has 1 saturated carbocycles. The summed E-state index contributed by atoms with van der Waals surface area (Å²) in [4.78, 5) is 13.6. The van der Waals surface area contributed by atoms with Crippen molar-refractivity contribution in [3.8, 4) is 0 Å². The smallest absolute Gasteiger partial charge is 0.250 e. The fourth-order valence-electron chi connectivity index (χ4n) is 2.36. The van der Waals surface area contributed by atoms with Gasteiger partial charge in [0.05, 0.1) is 5.56 Å². The molecule has 98 valence electrons.